The molecule has 30 heavy (non-hydrogen) atoms. The molecule has 0 aliphatic rings. The van der Waals surface area contributed by atoms with Gasteiger partial charge in [0.2, 0.25) is 11.8 Å². The summed E-state index contributed by atoms with van der Waals surface area (Å²) in [7, 11) is 2.35. The molecule has 0 spiro atoms. The number of nitrogens with one attached hydrogen (secondary N) is 2. The average molecular weight is 442 g/mol. The number of hydrogen-bond acceptors (Lipinski definition) is 7. The van der Waals surface area contributed by atoms with Crippen molar-refractivity contribution >= 4 is 34.8 Å². The van der Waals surface area contributed by atoms with E-state index in [9.17, 15) is 23.2 Å². The highest BCUT2D eigenvalue weighted by Crippen LogP contribution is 2.35. The Morgan fingerprint density at radius 3 is 2.43 bits per heavy atom. The van der Waals surface area contributed by atoms with Gasteiger partial charge in [0.25, 0.3) is 0 Å². The normalized spacial score (nSPS) is 11.5. The minimum Gasteiger partial charge on any atom is -0.493 e. The Morgan fingerprint density at radius 2 is 1.90 bits per heavy atom. The third kappa shape index (κ3) is 6.14. The van der Waals surface area contributed by atoms with Crippen LogP contribution in [0.5, 0.6) is 11.5 Å². The van der Waals surface area contributed by atoms with Crippen LogP contribution in [0, 0.1) is 0 Å². The molecule has 0 aliphatic carbocycles. The molecule has 0 radical (unpaired) electrons. The first kappa shape index (κ1) is 23.1. The van der Waals surface area contributed by atoms with Crippen LogP contribution >= 0.6 is 11.3 Å². The van der Waals surface area contributed by atoms with Crippen LogP contribution in [0.25, 0.3) is 0 Å². The maximum Gasteiger partial charge on any atom is 0.387 e. The fourth-order valence-electron chi connectivity index (χ4n) is 2.63. The number of benzene rings is 1. The van der Waals surface area contributed by atoms with Crippen molar-refractivity contribution in [2.24, 2.45) is 0 Å². The third-order valence-electron chi connectivity index (χ3n) is 3.85. The van der Waals surface area contributed by atoms with Crippen LogP contribution in [0.2, 0.25) is 0 Å². The number of hydrogen-bond donors (Lipinski definition) is 2. The number of carbonyl (C=O) groups is 3. The second-order valence-electron chi connectivity index (χ2n) is 5.94. The van der Waals surface area contributed by atoms with E-state index in [-0.39, 0.29) is 35.1 Å². The molecule has 2 rings (SSSR count). The minimum absolute atomic E-state index is 0.101. The average Bonchev–Trinajstić information content (AvgIpc) is 3.21. The summed E-state index contributed by atoms with van der Waals surface area (Å²) in [5.74, 6) is -2.21. The van der Waals surface area contributed by atoms with E-state index in [1.807, 2.05) is 0 Å². The summed E-state index contributed by atoms with van der Waals surface area (Å²) in [5, 5.41) is 6.97. The Labute approximate surface area is 175 Å². The molecule has 0 bridgehead atoms. The second-order valence-corrected chi connectivity index (χ2v) is 6.92. The lowest BCUT2D eigenvalue weighted by Crippen LogP contribution is -2.29. The van der Waals surface area contributed by atoms with Crippen molar-refractivity contribution in [3.05, 3.63) is 40.1 Å². The Bertz CT molecular complexity index is 905. The van der Waals surface area contributed by atoms with E-state index in [1.165, 1.54) is 25.4 Å². The number of esters is 1. The Hall–Kier alpha value is -3.21. The summed E-state index contributed by atoms with van der Waals surface area (Å²) in [6, 6.07) is 5.12. The predicted octanol–water partition coefficient (Wildman–Crippen LogP) is 3.35. The van der Waals surface area contributed by atoms with Crippen LogP contribution in [0.4, 0.5) is 14.5 Å². The summed E-state index contributed by atoms with van der Waals surface area (Å²) in [6.45, 7) is -1.82. The molecule has 1 aromatic heterocycles. The first-order valence-electron chi connectivity index (χ1n) is 8.60. The van der Waals surface area contributed by atoms with Gasteiger partial charge in [-0.05, 0) is 11.4 Å². The first-order chi connectivity index (χ1) is 14.2. The van der Waals surface area contributed by atoms with Crippen molar-refractivity contribution in [1.29, 1.82) is 0 Å². The molecule has 0 aliphatic heterocycles. The molecule has 2 amide bonds. The smallest absolute Gasteiger partial charge is 0.387 e. The van der Waals surface area contributed by atoms with Crippen LogP contribution < -0.4 is 20.1 Å². The monoisotopic (exact) mass is 442 g/mol. The van der Waals surface area contributed by atoms with Gasteiger partial charge in [-0.1, -0.05) is 6.07 Å². The number of ether oxygens (including phenoxy) is 3. The van der Waals surface area contributed by atoms with E-state index in [2.05, 4.69) is 20.1 Å². The maximum atomic E-state index is 12.7. The van der Waals surface area contributed by atoms with E-state index in [0.29, 0.717) is 0 Å². The summed E-state index contributed by atoms with van der Waals surface area (Å²) in [4.78, 5) is 37.0. The van der Waals surface area contributed by atoms with Gasteiger partial charge in [-0.2, -0.15) is 8.78 Å². The highest BCUT2D eigenvalue weighted by Gasteiger charge is 2.23. The van der Waals surface area contributed by atoms with Gasteiger partial charge < -0.3 is 24.8 Å². The largest absolute Gasteiger partial charge is 0.493 e. The van der Waals surface area contributed by atoms with E-state index in [0.717, 1.165) is 24.1 Å². The molecule has 0 saturated heterocycles. The number of rotatable bonds is 9. The summed E-state index contributed by atoms with van der Waals surface area (Å²) in [5.41, 5.74) is -0.215. The molecule has 11 heteroatoms. The molecule has 1 atom stereocenters. The Balaban J connectivity index is 2.32. The van der Waals surface area contributed by atoms with E-state index in [4.69, 9.17) is 4.74 Å². The number of amides is 2. The zero-order valence-electron chi connectivity index (χ0n) is 16.4. The van der Waals surface area contributed by atoms with E-state index in [1.54, 1.807) is 17.5 Å². The zero-order chi connectivity index (χ0) is 22.3. The van der Waals surface area contributed by atoms with Crippen LogP contribution in [0.3, 0.4) is 0 Å². The lowest BCUT2D eigenvalue weighted by Gasteiger charge is -2.18. The van der Waals surface area contributed by atoms with Crippen LogP contribution in [0.1, 0.15) is 34.6 Å². The summed E-state index contributed by atoms with van der Waals surface area (Å²) >= 11 is 1.36. The number of carbonyl (C=O) groups excluding carboxylic acids is 3. The zero-order valence-corrected chi connectivity index (χ0v) is 17.2. The van der Waals surface area contributed by atoms with Gasteiger partial charge in [-0.15, -0.1) is 11.3 Å². The number of thiophene rings is 1. The SMILES string of the molecule is COC(=O)c1cc(OC)c(OC(F)F)cc1NC(=O)CC(NC(C)=O)c1cccs1. The fraction of sp³-hybridized carbons (Fsp3) is 0.316. The highest BCUT2D eigenvalue weighted by atomic mass is 32.1. The lowest BCUT2D eigenvalue weighted by atomic mass is 10.1. The van der Waals surface area contributed by atoms with Gasteiger partial charge in [-0.25, -0.2) is 4.79 Å². The van der Waals surface area contributed by atoms with Crippen LogP contribution in [0.15, 0.2) is 29.6 Å². The number of anilines is 1. The lowest BCUT2D eigenvalue weighted by molar-refractivity contribution is -0.120. The third-order valence-corrected chi connectivity index (χ3v) is 4.84. The van der Waals surface area contributed by atoms with Gasteiger partial charge in [0.15, 0.2) is 11.5 Å². The molecule has 2 N–H and O–H groups in total. The maximum absolute atomic E-state index is 12.7. The van der Waals surface area contributed by atoms with Gasteiger partial charge in [0, 0.05) is 23.9 Å². The molecule has 162 valence electrons. The Morgan fingerprint density at radius 1 is 1.17 bits per heavy atom. The van der Waals surface area contributed by atoms with Gasteiger partial charge in [0.1, 0.15) is 0 Å². The topological polar surface area (TPSA) is 103 Å². The molecule has 1 unspecified atom stereocenters. The van der Waals surface area contributed by atoms with Crippen molar-refractivity contribution in [2.75, 3.05) is 19.5 Å². The van der Waals surface area contributed by atoms with Crippen molar-refractivity contribution in [3.63, 3.8) is 0 Å². The molecule has 1 heterocycles. The van der Waals surface area contributed by atoms with Gasteiger partial charge in [0.05, 0.1) is 37.9 Å². The molecular formula is C19H20F2N2O6S. The fourth-order valence-corrected chi connectivity index (χ4v) is 3.41. The second kappa shape index (κ2) is 10.5. The summed E-state index contributed by atoms with van der Waals surface area (Å²) in [6.07, 6.45) is -0.155. The van der Waals surface area contributed by atoms with Gasteiger partial charge in [-0.3, -0.25) is 9.59 Å². The van der Waals surface area contributed by atoms with Crippen molar-refractivity contribution in [2.45, 2.75) is 26.0 Å². The quantitative estimate of drug-likeness (QED) is 0.578. The molecule has 2 aromatic rings. The minimum atomic E-state index is -3.14. The highest BCUT2D eigenvalue weighted by molar-refractivity contribution is 7.10. The van der Waals surface area contributed by atoms with Crippen molar-refractivity contribution in [3.8, 4) is 11.5 Å². The van der Waals surface area contributed by atoms with Gasteiger partial charge >= 0.3 is 12.6 Å². The summed E-state index contributed by atoms with van der Waals surface area (Å²) < 4.78 is 39.5. The number of halogens is 2. The van der Waals surface area contributed by atoms with Crippen molar-refractivity contribution in [1.82, 2.24) is 5.32 Å². The van der Waals surface area contributed by atoms with Crippen LogP contribution in [-0.2, 0) is 14.3 Å². The number of alkyl halides is 2. The molecular weight excluding hydrogens is 422 g/mol. The standard InChI is InChI=1S/C19H20F2N2O6S/c1-10(24)22-13(16-5-4-6-30-16)9-17(25)23-12-8-15(29-19(20)21)14(27-2)7-11(12)18(26)28-3/h4-8,13,19H,9H2,1-3H3,(H,22,24)(H,23,25). The first-order valence-corrected chi connectivity index (χ1v) is 9.48. The predicted molar refractivity (Wildman–Crippen MR) is 105 cm³/mol. The Kier molecular flexibility index (Phi) is 8.10. The molecule has 0 saturated carbocycles. The van der Waals surface area contributed by atoms with E-state index < -0.39 is 24.5 Å². The van der Waals surface area contributed by atoms with Crippen LogP contribution in [-0.4, -0.2) is 38.6 Å². The molecule has 8 nitrogen and oxygen atoms in total. The number of methoxy groups -OCH3 is 2. The van der Waals surface area contributed by atoms with Crippen molar-refractivity contribution < 1.29 is 37.4 Å². The molecule has 0 fully saturated rings. The van der Waals surface area contributed by atoms with E-state index >= 15 is 0 Å². The molecule has 1 aromatic carbocycles.